The van der Waals surface area contributed by atoms with E-state index >= 15 is 0 Å². The van der Waals surface area contributed by atoms with Crippen LogP contribution in [-0.4, -0.2) is 26.8 Å². The maximum Gasteiger partial charge on any atom is 0.180 e. The van der Waals surface area contributed by atoms with Crippen molar-refractivity contribution < 1.29 is 8.42 Å². The van der Waals surface area contributed by atoms with Crippen LogP contribution in [0.4, 0.5) is 5.69 Å². The molecule has 1 aromatic carbocycles. The van der Waals surface area contributed by atoms with Crippen molar-refractivity contribution >= 4 is 15.5 Å². The summed E-state index contributed by atoms with van der Waals surface area (Å²) in [6, 6.07) is 7.21. The fourth-order valence-corrected chi connectivity index (χ4v) is 2.76. The molecule has 0 aliphatic heterocycles. The van der Waals surface area contributed by atoms with Crippen LogP contribution in [0.1, 0.15) is 26.7 Å². The molecule has 5 heteroatoms. The quantitative estimate of drug-likeness (QED) is 0.744. The zero-order chi connectivity index (χ0) is 13.6. The molecule has 0 saturated carbocycles. The first-order valence-electron chi connectivity index (χ1n) is 6.28. The molecule has 0 radical (unpaired) electrons. The number of rotatable bonds is 7. The summed E-state index contributed by atoms with van der Waals surface area (Å²) in [4.78, 5) is 0.383. The third-order valence-electron chi connectivity index (χ3n) is 2.75. The Bertz CT molecular complexity index is 470. The van der Waals surface area contributed by atoms with Gasteiger partial charge in [0.05, 0.1) is 16.3 Å². The molecule has 18 heavy (non-hydrogen) atoms. The van der Waals surface area contributed by atoms with E-state index in [2.05, 4.69) is 5.32 Å². The van der Waals surface area contributed by atoms with Gasteiger partial charge in [-0.3, -0.25) is 0 Å². The maximum absolute atomic E-state index is 11.9. The van der Waals surface area contributed by atoms with E-state index < -0.39 is 9.84 Å². The number of sulfone groups is 1. The Morgan fingerprint density at radius 2 is 2.00 bits per heavy atom. The first-order valence-corrected chi connectivity index (χ1v) is 7.94. The van der Waals surface area contributed by atoms with Crippen LogP contribution >= 0.6 is 0 Å². The van der Waals surface area contributed by atoms with Crippen molar-refractivity contribution in [2.75, 3.05) is 17.6 Å². The van der Waals surface area contributed by atoms with E-state index in [0.717, 1.165) is 19.4 Å². The molecule has 1 atom stereocenters. The van der Waals surface area contributed by atoms with Gasteiger partial charge in [0.2, 0.25) is 0 Å². The fourth-order valence-electron chi connectivity index (χ4n) is 1.69. The average molecular weight is 270 g/mol. The summed E-state index contributed by atoms with van der Waals surface area (Å²) in [6.07, 6.45) is 1.86. The van der Waals surface area contributed by atoms with Gasteiger partial charge in [0, 0.05) is 12.6 Å². The van der Waals surface area contributed by atoms with Crippen LogP contribution in [0.5, 0.6) is 0 Å². The van der Waals surface area contributed by atoms with Gasteiger partial charge in [-0.15, -0.1) is 0 Å². The topological polar surface area (TPSA) is 72.2 Å². The molecule has 0 aliphatic carbocycles. The predicted octanol–water partition coefficient (Wildman–Crippen LogP) is 2.02. The minimum Gasteiger partial charge on any atom is -0.384 e. The van der Waals surface area contributed by atoms with Gasteiger partial charge in [0.1, 0.15) is 0 Å². The minimum absolute atomic E-state index is 0.117. The van der Waals surface area contributed by atoms with Crippen molar-refractivity contribution in [3.63, 3.8) is 0 Å². The number of anilines is 1. The standard InChI is InChI=1S/C13H22N2O2S/c1-3-18(16,17)13-9-5-4-8-12(13)15-10-6-7-11(2)14/h4-5,8-9,11,15H,3,6-7,10,14H2,1-2H3. The third-order valence-corrected chi connectivity index (χ3v) is 4.54. The van der Waals surface area contributed by atoms with Gasteiger partial charge >= 0.3 is 0 Å². The smallest absolute Gasteiger partial charge is 0.180 e. The fraction of sp³-hybridized carbons (Fsp3) is 0.538. The van der Waals surface area contributed by atoms with Crippen molar-refractivity contribution in [3.05, 3.63) is 24.3 Å². The van der Waals surface area contributed by atoms with Crippen LogP contribution in [0, 0.1) is 0 Å². The molecule has 1 unspecified atom stereocenters. The van der Waals surface area contributed by atoms with Crippen LogP contribution in [0.15, 0.2) is 29.2 Å². The molecular formula is C13H22N2O2S. The second-order valence-corrected chi connectivity index (χ2v) is 6.69. The second-order valence-electron chi connectivity index (χ2n) is 4.45. The van der Waals surface area contributed by atoms with Crippen LogP contribution in [0.25, 0.3) is 0 Å². The monoisotopic (exact) mass is 270 g/mol. The highest BCUT2D eigenvalue weighted by molar-refractivity contribution is 7.91. The molecule has 102 valence electrons. The minimum atomic E-state index is -3.17. The molecule has 0 bridgehead atoms. The van der Waals surface area contributed by atoms with Crippen molar-refractivity contribution in [1.82, 2.24) is 0 Å². The Kier molecular flexibility index (Phi) is 5.62. The summed E-state index contributed by atoms with van der Waals surface area (Å²) in [7, 11) is -3.17. The van der Waals surface area contributed by atoms with E-state index in [-0.39, 0.29) is 11.8 Å². The van der Waals surface area contributed by atoms with E-state index in [0.29, 0.717) is 10.6 Å². The number of nitrogens with two attached hydrogens (primary N) is 1. The highest BCUT2D eigenvalue weighted by Crippen LogP contribution is 2.21. The highest BCUT2D eigenvalue weighted by Gasteiger charge is 2.15. The van der Waals surface area contributed by atoms with Crippen LogP contribution < -0.4 is 11.1 Å². The SMILES string of the molecule is CCS(=O)(=O)c1ccccc1NCCCC(C)N. The molecule has 3 N–H and O–H groups in total. The summed E-state index contributed by atoms with van der Waals surface area (Å²) in [5.74, 6) is 0.117. The molecule has 1 rings (SSSR count). The van der Waals surface area contributed by atoms with Gasteiger partial charge in [0.25, 0.3) is 0 Å². The van der Waals surface area contributed by atoms with Crippen molar-refractivity contribution in [1.29, 1.82) is 0 Å². The molecule has 0 saturated heterocycles. The molecule has 0 heterocycles. The van der Waals surface area contributed by atoms with Crippen molar-refractivity contribution in [3.8, 4) is 0 Å². The zero-order valence-corrected chi connectivity index (χ0v) is 11.8. The Hall–Kier alpha value is -1.07. The van der Waals surface area contributed by atoms with Crippen molar-refractivity contribution in [2.45, 2.75) is 37.6 Å². The van der Waals surface area contributed by atoms with Crippen molar-refractivity contribution in [2.24, 2.45) is 5.73 Å². The molecule has 0 aliphatic rings. The van der Waals surface area contributed by atoms with Gasteiger partial charge in [0.15, 0.2) is 9.84 Å². The Labute approximate surface area is 110 Å². The first-order chi connectivity index (χ1) is 8.47. The van der Waals surface area contributed by atoms with Gasteiger partial charge in [-0.05, 0) is 31.9 Å². The van der Waals surface area contributed by atoms with Crippen LogP contribution in [0.2, 0.25) is 0 Å². The average Bonchev–Trinajstić information content (AvgIpc) is 2.35. The summed E-state index contributed by atoms with van der Waals surface area (Å²) in [5.41, 5.74) is 6.35. The maximum atomic E-state index is 11.9. The van der Waals surface area contributed by atoms with E-state index in [1.54, 1.807) is 25.1 Å². The summed E-state index contributed by atoms with van der Waals surface area (Å²) < 4.78 is 23.8. The van der Waals surface area contributed by atoms with Gasteiger partial charge in [-0.1, -0.05) is 19.1 Å². The lowest BCUT2D eigenvalue weighted by molar-refractivity contribution is 0.597. The van der Waals surface area contributed by atoms with Gasteiger partial charge in [-0.25, -0.2) is 8.42 Å². The number of hydrogen-bond donors (Lipinski definition) is 2. The van der Waals surface area contributed by atoms with E-state index in [1.807, 2.05) is 13.0 Å². The predicted molar refractivity (Wildman–Crippen MR) is 75.5 cm³/mol. The Morgan fingerprint density at radius 3 is 2.61 bits per heavy atom. The number of para-hydroxylation sites is 1. The summed E-state index contributed by atoms with van der Waals surface area (Å²) in [5, 5.41) is 3.17. The molecule has 0 amide bonds. The molecular weight excluding hydrogens is 248 g/mol. The van der Waals surface area contributed by atoms with Crippen LogP contribution in [0.3, 0.4) is 0 Å². The lowest BCUT2D eigenvalue weighted by Gasteiger charge is -2.12. The Balaban J connectivity index is 2.72. The second kappa shape index (κ2) is 6.75. The largest absolute Gasteiger partial charge is 0.384 e. The number of benzene rings is 1. The first kappa shape index (κ1) is 15.0. The van der Waals surface area contributed by atoms with E-state index in [9.17, 15) is 8.42 Å². The molecule has 0 aromatic heterocycles. The lowest BCUT2D eigenvalue weighted by Crippen LogP contribution is -2.16. The zero-order valence-electron chi connectivity index (χ0n) is 11.0. The van der Waals surface area contributed by atoms with Gasteiger partial charge in [-0.2, -0.15) is 0 Å². The highest BCUT2D eigenvalue weighted by atomic mass is 32.2. The molecule has 1 aromatic rings. The summed E-state index contributed by atoms with van der Waals surface area (Å²) >= 11 is 0. The summed E-state index contributed by atoms with van der Waals surface area (Å²) in [6.45, 7) is 4.36. The number of nitrogens with one attached hydrogen (secondary N) is 1. The molecule has 4 nitrogen and oxygen atoms in total. The number of hydrogen-bond acceptors (Lipinski definition) is 4. The van der Waals surface area contributed by atoms with Crippen LogP contribution in [-0.2, 0) is 9.84 Å². The van der Waals surface area contributed by atoms with Gasteiger partial charge < -0.3 is 11.1 Å². The third kappa shape index (κ3) is 4.31. The molecule has 0 spiro atoms. The van der Waals surface area contributed by atoms with E-state index in [4.69, 9.17) is 5.73 Å². The molecule has 0 fully saturated rings. The normalized spacial score (nSPS) is 13.3. The van der Waals surface area contributed by atoms with E-state index in [1.165, 1.54) is 0 Å². The Morgan fingerprint density at radius 1 is 1.33 bits per heavy atom. The lowest BCUT2D eigenvalue weighted by atomic mass is 10.2.